The molecule has 0 bridgehead atoms. The molecule has 2 N–H and O–H groups in total. The molecular weight excluding hydrogens is 352 g/mol. The van der Waals surface area contributed by atoms with Gasteiger partial charge in [-0.2, -0.15) is 0 Å². The van der Waals surface area contributed by atoms with Crippen LogP contribution in [0.15, 0.2) is 59.7 Å². The van der Waals surface area contributed by atoms with Gasteiger partial charge in [-0.3, -0.25) is 14.6 Å². The molecular formula is C22H24N4O2. The SMILES string of the molecule is Cc1cccc(CC(=O)NC(c2cc(=O)[nH]c(-c3cccnc3)n2)C(C)C)c1. The van der Waals surface area contributed by atoms with Crippen LogP contribution >= 0.6 is 0 Å². The third-order valence-electron chi connectivity index (χ3n) is 4.45. The maximum absolute atomic E-state index is 12.6. The van der Waals surface area contributed by atoms with Gasteiger partial charge in [0, 0.05) is 24.0 Å². The lowest BCUT2D eigenvalue weighted by Gasteiger charge is -2.22. The molecule has 0 saturated carbocycles. The molecule has 1 amide bonds. The van der Waals surface area contributed by atoms with Gasteiger partial charge in [0.05, 0.1) is 18.2 Å². The van der Waals surface area contributed by atoms with Crippen LogP contribution in [-0.2, 0) is 11.2 Å². The number of aromatic amines is 1. The molecule has 144 valence electrons. The number of aryl methyl sites for hydroxylation is 1. The largest absolute Gasteiger partial charge is 0.347 e. The standard InChI is InChI=1S/C22H24N4O2/c1-14(2)21(25-19(27)11-16-7-4-6-15(3)10-16)18-12-20(28)26-22(24-18)17-8-5-9-23-13-17/h4-10,12-14,21H,11H2,1-3H3,(H,25,27)(H,24,26,28). The van der Waals surface area contributed by atoms with E-state index >= 15 is 0 Å². The molecule has 2 aromatic heterocycles. The summed E-state index contributed by atoms with van der Waals surface area (Å²) in [5, 5.41) is 3.04. The summed E-state index contributed by atoms with van der Waals surface area (Å²) in [6.45, 7) is 5.98. The number of pyridine rings is 1. The van der Waals surface area contributed by atoms with E-state index in [4.69, 9.17) is 0 Å². The molecule has 0 aliphatic carbocycles. The molecule has 1 atom stereocenters. The summed E-state index contributed by atoms with van der Waals surface area (Å²) >= 11 is 0. The van der Waals surface area contributed by atoms with Crippen LogP contribution in [0.5, 0.6) is 0 Å². The first-order chi connectivity index (χ1) is 13.4. The van der Waals surface area contributed by atoms with E-state index in [2.05, 4.69) is 20.3 Å². The molecule has 0 fully saturated rings. The number of amides is 1. The quantitative estimate of drug-likeness (QED) is 0.692. The number of aromatic nitrogens is 3. The van der Waals surface area contributed by atoms with E-state index in [9.17, 15) is 9.59 Å². The first-order valence-corrected chi connectivity index (χ1v) is 9.29. The predicted octanol–water partition coefficient (Wildman–Crippen LogP) is 3.20. The maximum Gasteiger partial charge on any atom is 0.251 e. The average Bonchev–Trinajstić information content (AvgIpc) is 2.66. The highest BCUT2D eigenvalue weighted by Crippen LogP contribution is 2.21. The number of H-pyrrole nitrogens is 1. The van der Waals surface area contributed by atoms with Crippen molar-refractivity contribution in [3.8, 4) is 11.4 Å². The van der Waals surface area contributed by atoms with Crippen molar-refractivity contribution in [2.45, 2.75) is 33.2 Å². The minimum absolute atomic E-state index is 0.0671. The van der Waals surface area contributed by atoms with Gasteiger partial charge in [0.1, 0.15) is 5.82 Å². The highest BCUT2D eigenvalue weighted by Gasteiger charge is 2.21. The summed E-state index contributed by atoms with van der Waals surface area (Å²) in [4.78, 5) is 36.2. The Morgan fingerprint density at radius 2 is 2.00 bits per heavy atom. The molecule has 0 saturated heterocycles. The zero-order chi connectivity index (χ0) is 20.1. The average molecular weight is 376 g/mol. The fourth-order valence-electron chi connectivity index (χ4n) is 3.09. The molecule has 1 unspecified atom stereocenters. The number of rotatable bonds is 6. The second kappa shape index (κ2) is 8.61. The molecule has 6 heteroatoms. The van der Waals surface area contributed by atoms with Gasteiger partial charge in [-0.25, -0.2) is 4.98 Å². The monoisotopic (exact) mass is 376 g/mol. The van der Waals surface area contributed by atoms with Gasteiger partial charge in [-0.1, -0.05) is 43.7 Å². The van der Waals surface area contributed by atoms with Gasteiger partial charge >= 0.3 is 0 Å². The molecule has 0 aliphatic rings. The van der Waals surface area contributed by atoms with E-state index in [1.54, 1.807) is 18.5 Å². The number of hydrogen-bond acceptors (Lipinski definition) is 4. The lowest BCUT2D eigenvalue weighted by Crippen LogP contribution is -2.34. The van der Waals surface area contributed by atoms with E-state index < -0.39 is 0 Å². The first kappa shape index (κ1) is 19.5. The highest BCUT2D eigenvalue weighted by atomic mass is 16.1. The van der Waals surface area contributed by atoms with Crippen molar-refractivity contribution in [2.75, 3.05) is 0 Å². The van der Waals surface area contributed by atoms with Crippen LogP contribution < -0.4 is 10.9 Å². The van der Waals surface area contributed by atoms with Crippen molar-refractivity contribution in [3.63, 3.8) is 0 Å². The molecule has 2 heterocycles. The summed E-state index contributed by atoms with van der Waals surface area (Å²) < 4.78 is 0. The van der Waals surface area contributed by atoms with Crippen molar-refractivity contribution < 1.29 is 4.79 Å². The fourth-order valence-corrected chi connectivity index (χ4v) is 3.09. The van der Waals surface area contributed by atoms with Gasteiger partial charge in [0.2, 0.25) is 5.91 Å². The van der Waals surface area contributed by atoms with E-state index in [-0.39, 0.29) is 29.8 Å². The van der Waals surface area contributed by atoms with Crippen LogP contribution in [0, 0.1) is 12.8 Å². The van der Waals surface area contributed by atoms with Crippen LogP contribution in [0.1, 0.15) is 36.7 Å². The molecule has 0 spiro atoms. The Morgan fingerprint density at radius 1 is 1.18 bits per heavy atom. The zero-order valence-electron chi connectivity index (χ0n) is 16.3. The number of benzene rings is 1. The van der Waals surface area contributed by atoms with Crippen LogP contribution in [0.4, 0.5) is 0 Å². The molecule has 6 nitrogen and oxygen atoms in total. The number of carbonyl (C=O) groups excluding carboxylic acids is 1. The van der Waals surface area contributed by atoms with Crippen LogP contribution in [0.3, 0.4) is 0 Å². The van der Waals surface area contributed by atoms with E-state index in [0.29, 0.717) is 11.5 Å². The summed E-state index contributed by atoms with van der Waals surface area (Å²) in [5.41, 5.74) is 3.06. The van der Waals surface area contributed by atoms with E-state index in [0.717, 1.165) is 16.7 Å². The van der Waals surface area contributed by atoms with Crippen molar-refractivity contribution in [3.05, 3.63) is 82.0 Å². The lowest BCUT2D eigenvalue weighted by molar-refractivity contribution is -0.121. The maximum atomic E-state index is 12.6. The lowest BCUT2D eigenvalue weighted by atomic mass is 9.99. The van der Waals surface area contributed by atoms with Crippen LogP contribution in [0.25, 0.3) is 11.4 Å². The van der Waals surface area contributed by atoms with Gasteiger partial charge < -0.3 is 10.3 Å². The van der Waals surface area contributed by atoms with Crippen molar-refractivity contribution in [2.24, 2.45) is 5.92 Å². The summed E-state index contributed by atoms with van der Waals surface area (Å²) in [5.74, 6) is 0.404. The van der Waals surface area contributed by atoms with Gasteiger partial charge in [-0.05, 0) is 30.5 Å². The molecule has 3 aromatic rings. The van der Waals surface area contributed by atoms with Crippen LogP contribution in [0.2, 0.25) is 0 Å². The summed E-state index contributed by atoms with van der Waals surface area (Å²) in [6.07, 6.45) is 3.58. The number of carbonyl (C=O) groups is 1. The van der Waals surface area contributed by atoms with Gasteiger partial charge in [0.25, 0.3) is 5.56 Å². The van der Waals surface area contributed by atoms with Crippen molar-refractivity contribution in [1.29, 1.82) is 0 Å². The Hall–Kier alpha value is -3.28. The second-order valence-electron chi connectivity index (χ2n) is 7.22. The van der Waals surface area contributed by atoms with Gasteiger partial charge in [-0.15, -0.1) is 0 Å². The number of nitrogens with zero attached hydrogens (tertiary/aromatic N) is 2. The second-order valence-corrected chi connectivity index (χ2v) is 7.22. The smallest absolute Gasteiger partial charge is 0.251 e. The Kier molecular flexibility index (Phi) is 5.99. The normalized spacial score (nSPS) is 12.0. The third-order valence-corrected chi connectivity index (χ3v) is 4.45. The number of nitrogens with one attached hydrogen (secondary N) is 2. The fraction of sp³-hybridized carbons (Fsp3) is 0.273. The Balaban J connectivity index is 1.85. The Morgan fingerprint density at radius 3 is 2.68 bits per heavy atom. The van der Waals surface area contributed by atoms with E-state index in [1.165, 1.54) is 6.07 Å². The highest BCUT2D eigenvalue weighted by molar-refractivity contribution is 5.79. The molecule has 0 aliphatic heterocycles. The Bertz CT molecular complexity index is 1010. The minimum Gasteiger partial charge on any atom is -0.347 e. The van der Waals surface area contributed by atoms with Crippen molar-refractivity contribution >= 4 is 5.91 Å². The number of hydrogen-bond donors (Lipinski definition) is 2. The Labute approximate surface area is 164 Å². The molecule has 1 aromatic carbocycles. The minimum atomic E-state index is -0.366. The summed E-state index contributed by atoms with van der Waals surface area (Å²) in [6, 6.07) is 12.6. The van der Waals surface area contributed by atoms with Gasteiger partial charge in [0.15, 0.2) is 0 Å². The van der Waals surface area contributed by atoms with Crippen LogP contribution in [-0.4, -0.2) is 20.9 Å². The molecule has 3 rings (SSSR count). The summed E-state index contributed by atoms with van der Waals surface area (Å²) in [7, 11) is 0. The topological polar surface area (TPSA) is 87.7 Å². The third kappa shape index (κ3) is 4.91. The molecule has 0 radical (unpaired) electrons. The van der Waals surface area contributed by atoms with Crippen molar-refractivity contribution in [1.82, 2.24) is 20.3 Å². The zero-order valence-corrected chi connectivity index (χ0v) is 16.3. The first-order valence-electron chi connectivity index (χ1n) is 9.29. The predicted molar refractivity (Wildman–Crippen MR) is 109 cm³/mol. The molecule has 28 heavy (non-hydrogen) atoms. The van der Waals surface area contributed by atoms with E-state index in [1.807, 2.05) is 51.1 Å².